The van der Waals surface area contributed by atoms with Crippen LogP contribution in [0.15, 0.2) is 48.5 Å². The molecule has 0 bridgehead atoms. The molecule has 0 radical (unpaired) electrons. The van der Waals surface area contributed by atoms with E-state index in [1.54, 1.807) is 0 Å². The summed E-state index contributed by atoms with van der Waals surface area (Å²) >= 11 is 0. The predicted octanol–water partition coefficient (Wildman–Crippen LogP) is 4.53. The van der Waals surface area contributed by atoms with Gasteiger partial charge in [-0.05, 0) is 35.6 Å². The summed E-state index contributed by atoms with van der Waals surface area (Å²) in [5, 5.41) is 3.79. The van der Waals surface area contributed by atoms with Crippen molar-refractivity contribution in [2.45, 2.75) is 38.8 Å². The van der Waals surface area contributed by atoms with Crippen molar-refractivity contribution in [3.05, 3.63) is 59.7 Å². The van der Waals surface area contributed by atoms with Gasteiger partial charge in [-0.15, -0.1) is 0 Å². The number of hydrogen-bond acceptors (Lipinski definition) is 1. The molecule has 2 aromatic rings. The van der Waals surface area contributed by atoms with E-state index in [2.05, 4.69) is 67.7 Å². The third-order valence-electron chi connectivity index (χ3n) is 4.01. The van der Waals surface area contributed by atoms with Gasteiger partial charge in [-0.1, -0.05) is 61.9 Å². The zero-order valence-electron chi connectivity index (χ0n) is 11.7. The Labute approximate surface area is 115 Å². The van der Waals surface area contributed by atoms with Gasteiger partial charge in [-0.2, -0.15) is 0 Å². The van der Waals surface area contributed by atoms with Crippen LogP contribution in [0, 0.1) is 0 Å². The lowest BCUT2D eigenvalue weighted by Crippen LogP contribution is -2.30. The smallest absolute Gasteiger partial charge is 0.0591 e. The zero-order valence-corrected chi connectivity index (χ0v) is 11.7. The van der Waals surface area contributed by atoms with E-state index in [4.69, 9.17) is 0 Å². The second-order valence-corrected chi connectivity index (χ2v) is 5.46. The maximum Gasteiger partial charge on any atom is 0.0591 e. The summed E-state index contributed by atoms with van der Waals surface area (Å²) in [6, 6.07) is 18.4. The molecular formula is C18H21N. The van der Waals surface area contributed by atoms with Crippen LogP contribution in [0.3, 0.4) is 0 Å². The van der Waals surface area contributed by atoms with Gasteiger partial charge in [0.15, 0.2) is 0 Å². The lowest BCUT2D eigenvalue weighted by atomic mass is 10.0. The molecule has 2 aromatic carbocycles. The van der Waals surface area contributed by atoms with Gasteiger partial charge in [0.05, 0.1) is 6.04 Å². The van der Waals surface area contributed by atoms with E-state index >= 15 is 0 Å². The average molecular weight is 251 g/mol. The summed E-state index contributed by atoms with van der Waals surface area (Å²) in [6.07, 6.45) is 2.45. The van der Waals surface area contributed by atoms with Crippen molar-refractivity contribution in [3.63, 3.8) is 0 Å². The highest BCUT2D eigenvalue weighted by molar-refractivity contribution is 5.78. The van der Waals surface area contributed by atoms with E-state index in [1.165, 1.54) is 35.1 Å². The molecule has 19 heavy (non-hydrogen) atoms. The van der Waals surface area contributed by atoms with Crippen LogP contribution in [0.5, 0.6) is 0 Å². The molecule has 0 aromatic heterocycles. The summed E-state index contributed by atoms with van der Waals surface area (Å²) in [7, 11) is 0. The van der Waals surface area contributed by atoms with Crippen molar-refractivity contribution < 1.29 is 0 Å². The maximum absolute atomic E-state index is 3.79. The van der Waals surface area contributed by atoms with Gasteiger partial charge in [0.2, 0.25) is 0 Å². The number of rotatable bonds is 4. The Morgan fingerprint density at radius 1 is 0.947 bits per heavy atom. The molecule has 1 aliphatic rings. The molecule has 98 valence electrons. The van der Waals surface area contributed by atoms with E-state index in [-0.39, 0.29) is 0 Å². The van der Waals surface area contributed by atoms with Crippen LogP contribution in [-0.4, -0.2) is 6.04 Å². The molecular weight excluding hydrogens is 230 g/mol. The topological polar surface area (TPSA) is 12.0 Å². The highest BCUT2D eigenvalue weighted by atomic mass is 15.0. The first-order valence-electron chi connectivity index (χ1n) is 7.25. The maximum atomic E-state index is 3.79. The van der Waals surface area contributed by atoms with E-state index < -0.39 is 0 Å². The third-order valence-corrected chi connectivity index (χ3v) is 4.01. The average Bonchev–Trinajstić information content (AvgIpc) is 2.75. The first-order valence-corrected chi connectivity index (χ1v) is 7.25. The number of benzene rings is 2. The van der Waals surface area contributed by atoms with Crippen molar-refractivity contribution in [2.24, 2.45) is 0 Å². The fraction of sp³-hybridized carbons (Fsp3) is 0.333. The highest BCUT2D eigenvalue weighted by Crippen LogP contribution is 2.43. The summed E-state index contributed by atoms with van der Waals surface area (Å²) < 4.78 is 0. The Balaban J connectivity index is 2.00. The van der Waals surface area contributed by atoms with Crippen molar-refractivity contribution >= 4 is 0 Å². The molecule has 3 rings (SSSR count). The van der Waals surface area contributed by atoms with Crippen LogP contribution in [0.25, 0.3) is 11.1 Å². The van der Waals surface area contributed by atoms with Crippen LogP contribution < -0.4 is 5.32 Å². The molecule has 1 atom stereocenters. The monoisotopic (exact) mass is 251 g/mol. The summed E-state index contributed by atoms with van der Waals surface area (Å²) in [5.41, 5.74) is 5.62. The molecule has 1 heteroatoms. The molecule has 0 heterocycles. The van der Waals surface area contributed by atoms with Crippen LogP contribution >= 0.6 is 0 Å². The van der Waals surface area contributed by atoms with Crippen molar-refractivity contribution in [3.8, 4) is 11.1 Å². The summed E-state index contributed by atoms with van der Waals surface area (Å²) in [5.74, 6) is 0. The fourth-order valence-electron chi connectivity index (χ4n) is 3.14. The SMILES string of the molecule is CCCC(C)NC1c2ccccc2-c2ccccc21. The standard InChI is InChI=1S/C18H21N/c1-3-8-13(2)19-18-16-11-6-4-9-14(16)15-10-5-7-12-17(15)18/h4-7,9-13,18-19H,3,8H2,1-2H3. The van der Waals surface area contributed by atoms with Gasteiger partial charge in [0, 0.05) is 6.04 Å². The van der Waals surface area contributed by atoms with Gasteiger partial charge in [0.1, 0.15) is 0 Å². The predicted molar refractivity (Wildman–Crippen MR) is 81.2 cm³/mol. The van der Waals surface area contributed by atoms with Crippen molar-refractivity contribution in [1.29, 1.82) is 0 Å². The normalized spacial score (nSPS) is 15.1. The van der Waals surface area contributed by atoms with E-state index in [0.717, 1.165) is 0 Å². The first kappa shape index (κ1) is 12.4. The molecule has 0 fully saturated rings. The van der Waals surface area contributed by atoms with Gasteiger partial charge in [-0.25, -0.2) is 0 Å². The van der Waals surface area contributed by atoms with Gasteiger partial charge in [-0.3, -0.25) is 0 Å². The molecule has 1 aliphatic carbocycles. The Hall–Kier alpha value is -1.60. The zero-order chi connectivity index (χ0) is 13.2. The number of nitrogens with one attached hydrogen (secondary N) is 1. The van der Waals surface area contributed by atoms with Gasteiger partial charge >= 0.3 is 0 Å². The number of hydrogen-bond donors (Lipinski definition) is 1. The molecule has 1 N–H and O–H groups in total. The van der Waals surface area contributed by atoms with Crippen molar-refractivity contribution in [2.75, 3.05) is 0 Å². The second kappa shape index (κ2) is 5.18. The Bertz CT molecular complexity index is 528. The molecule has 1 unspecified atom stereocenters. The minimum Gasteiger partial charge on any atom is -0.304 e. The van der Waals surface area contributed by atoms with Crippen molar-refractivity contribution in [1.82, 2.24) is 5.32 Å². The minimum atomic E-state index is 0.356. The molecule has 0 saturated heterocycles. The lowest BCUT2D eigenvalue weighted by Gasteiger charge is -2.21. The fourth-order valence-corrected chi connectivity index (χ4v) is 3.14. The number of fused-ring (bicyclic) bond motifs is 3. The lowest BCUT2D eigenvalue weighted by molar-refractivity contribution is 0.473. The second-order valence-electron chi connectivity index (χ2n) is 5.46. The largest absolute Gasteiger partial charge is 0.304 e. The van der Waals surface area contributed by atoms with Crippen LogP contribution in [-0.2, 0) is 0 Å². The van der Waals surface area contributed by atoms with E-state index in [0.29, 0.717) is 12.1 Å². The molecule has 0 saturated carbocycles. The van der Waals surface area contributed by atoms with Crippen LogP contribution in [0.4, 0.5) is 0 Å². The van der Waals surface area contributed by atoms with Gasteiger partial charge < -0.3 is 5.32 Å². The van der Waals surface area contributed by atoms with Crippen LogP contribution in [0.2, 0.25) is 0 Å². The molecule has 0 spiro atoms. The Morgan fingerprint density at radius 3 is 2.00 bits per heavy atom. The highest BCUT2D eigenvalue weighted by Gasteiger charge is 2.28. The summed E-state index contributed by atoms with van der Waals surface area (Å²) in [6.45, 7) is 4.53. The quantitative estimate of drug-likeness (QED) is 0.841. The van der Waals surface area contributed by atoms with E-state index in [1.807, 2.05) is 0 Å². The molecule has 1 nitrogen and oxygen atoms in total. The third kappa shape index (κ3) is 2.19. The van der Waals surface area contributed by atoms with Gasteiger partial charge in [0.25, 0.3) is 0 Å². The Morgan fingerprint density at radius 2 is 1.47 bits per heavy atom. The minimum absolute atomic E-state index is 0.356. The summed E-state index contributed by atoms with van der Waals surface area (Å²) in [4.78, 5) is 0. The van der Waals surface area contributed by atoms with E-state index in [9.17, 15) is 0 Å². The molecule has 0 amide bonds. The molecule has 0 aliphatic heterocycles. The first-order chi connectivity index (χ1) is 9.31. The Kier molecular flexibility index (Phi) is 3.39. The van der Waals surface area contributed by atoms with Crippen LogP contribution in [0.1, 0.15) is 43.9 Å².